The molecule has 1 fully saturated rings. The molecule has 3 aromatic rings. The zero-order valence-electron chi connectivity index (χ0n) is 18.7. The quantitative estimate of drug-likeness (QED) is 0.564. The van der Waals surface area contributed by atoms with Crippen LogP contribution < -0.4 is 10.2 Å². The van der Waals surface area contributed by atoms with E-state index in [1.807, 2.05) is 24.3 Å². The predicted octanol–water partition coefficient (Wildman–Crippen LogP) is 2.98. The molecule has 2 aliphatic rings. The average Bonchev–Trinajstić information content (AvgIpc) is 3.56. The van der Waals surface area contributed by atoms with Crippen LogP contribution in [0.2, 0.25) is 0 Å². The molecule has 2 aliphatic heterocycles. The number of carbonyl (C=O) groups is 2. The summed E-state index contributed by atoms with van der Waals surface area (Å²) in [6.07, 6.45) is 1.43. The topological polar surface area (TPSA) is 115 Å². The summed E-state index contributed by atoms with van der Waals surface area (Å²) in [6.45, 7) is 2.81. The van der Waals surface area contributed by atoms with Gasteiger partial charge in [-0.3, -0.25) is 14.7 Å². The fourth-order valence-corrected chi connectivity index (χ4v) is 5.76. The maximum absolute atomic E-state index is 13.0. The van der Waals surface area contributed by atoms with Gasteiger partial charge in [-0.2, -0.15) is 9.40 Å². The number of aromatic nitrogens is 2. The minimum absolute atomic E-state index is 0.120. The van der Waals surface area contributed by atoms with Gasteiger partial charge < -0.3 is 10.2 Å². The van der Waals surface area contributed by atoms with E-state index in [0.717, 1.165) is 24.2 Å². The first kappa shape index (κ1) is 22.3. The van der Waals surface area contributed by atoms with Crippen LogP contribution in [0.4, 0.5) is 11.5 Å². The molecule has 1 saturated heterocycles. The fourth-order valence-electron chi connectivity index (χ4n) is 4.37. The summed E-state index contributed by atoms with van der Waals surface area (Å²) >= 11 is 0. The Balaban J connectivity index is 1.27. The van der Waals surface area contributed by atoms with Gasteiger partial charge in [0.1, 0.15) is 0 Å². The summed E-state index contributed by atoms with van der Waals surface area (Å²) in [5.41, 5.74) is 2.99. The van der Waals surface area contributed by atoms with Gasteiger partial charge in [0.2, 0.25) is 21.8 Å². The van der Waals surface area contributed by atoms with Crippen molar-refractivity contribution in [1.82, 2.24) is 14.5 Å². The highest BCUT2D eigenvalue weighted by Gasteiger charge is 2.34. The number of aromatic amines is 1. The van der Waals surface area contributed by atoms with E-state index < -0.39 is 15.9 Å². The number of sulfonamides is 1. The molecule has 10 heteroatoms. The zero-order valence-corrected chi connectivity index (χ0v) is 19.5. The molecule has 34 heavy (non-hydrogen) atoms. The van der Waals surface area contributed by atoms with Crippen molar-refractivity contribution < 1.29 is 18.0 Å². The Morgan fingerprint density at radius 2 is 1.82 bits per heavy atom. The number of H-pyrrole nitrogens is 1. The molecule has 0 spiro atoms. The summed E-state index contributed by atoms with van der Waals surface area (Å²) in [5, 5.41) is 9.90. The summed E-state index contributed by atoms with van der Waals surface area (Å²) in [4.78, 5) is 26.9. The average molecular weight is 480 g/mol. The van der Waals surface area contributed by atoms with Crippen LogP contribution >= 0.6 is 0 Å². The Morgan fingerprint density at radius 1 is 1.09 bits per heavy atom. The number of anilines is 2. The van der Waals surface area contributed by atoms with Gasteiger partial charge in [-0.1, -0.05) is 30.3 Å². The van der Waals surface area contributed by atoms with Gasteiger partial charge in [0.15, 0.2) is 5.82 Å². The molecule has 1 aromatic heterocycles. The van der Waals surface area contributed by atoms with Crippen LogP contribution in [0.3, 0.4) is 0 Å². The van der Waals surface area contributed by atoms with Crippen molar-refractivity contribution >= 4 is 33.3 Å². The lowest BCUT2D eigenvalue weighted by Crippen LogP contribution is -2.26. The molecule has 2 amide bonds. The monoisotopic (exact) mass is 479 g/mol. The Labute approximate surface area is 197 Å². The first-order chi connectivity index (χ1) is 16.3. The van der Waals surface area contributed by atoms with Gasteiger partial charge in [-0.25, -0.2) is 8.42 Å². The number of fused-ring (bicyclic) bond motifs is 1. The molecular formula is C24H25N5O4S. The Bertz CT molecular complexity index is 1340. The van der Waals surface area contributed by atoms with E-state index in [1.165, 1.54) is 4.31 Å². The largest absolute Gasteiger partial charge is 0.312 e. The van der Waals surface area contributed by atoms with Crippen molar-refractivity contribution in [2.75, 3.05) is 16.8 Å². The van der Waals surface area contributed by atoms with E-state index in [-0.39, 0.29) is 29.8 Å². The van der Waals surface area contributed by atoms with E-state index in [9.17, 15) is 18.0 Å². The van der Waals surface area contributed by atoms with Crippen LogP contribution in [0.15, 0.2) is 59.5 Å². The normalized spacial score (nSPS) is 17.1. The Morgan fingerprint density at radius 3 is 2.50 bits per heavy atom. The van der Waals surface area contributed by atoms with Crippen LogP contribution in [0, 0.1) is 0 Å². The highest BCUT2D eigenvalue weighted by molar-refractivity contribution is 7.89. The van der Waals surface area contributed by atoms with Gasteiger partial charge in [-0.15, -0.1) is 0 Å². The van der Waals surface area contributed by atoms with Crippen LogP contribution in [0.1, 0.15) is 42.5 Å². The van der Waals surface area contributed by atoms with E-state index in [1.54, 1.807) is 42.2 Å². The van der Waals surface area contributed by atoms with E-state index in [0.29, 0.717) is 23.5 Å². The summed E-state index contributed by atoms with van der Waals surface area (Å²) < 4.78 is 27.3. The molecule has 2 aromatic carbocycles. The third-order valence-electron chi connectivity index (χ3n) is 6.42. The molecule has 2 N–H and O–H groups in total. The van der Waals surface area contributed by atoms with Gasteiger partial charge >= 0.3 is 0 Å². The minimum atomic E-state index is -3.65. The lowest BCUT2D eigenvalue weighted by atomic mass is 10.00. The summed E-state index contributed by atoms with van der Waals surface area (Å²) in [5.74, 6) is -0.240. The second-order valence-corrected chi connectivity index (χ2v) is 10.5. The van der Waals surface area contributed by atoms with Crippen molar-refractivity contribution in [2.24, 2.45) is 0 Å². The van der Waals surface area contributed by atoms with Crippen LogP contribution in [-0.4, -0.2) is 41.3 Å². The fraction of sp³-hybridized carbons (Fsp3) is 0.292. The number of benzene rings is 2. The first-order valence-electron chi connectivity index (χ1n) is 11.2. The first-order valence-corrected chi connectivity index (χ1v) is 12.6. The molecule has 0 radical (unpaired) electrons. The molecule has 0 bridgehead atoms. The van der Waals surface area contributed by atoms with Crippen molar-refractivity contribution in [3.8, 4) is 0 Å². The number of amides is 2. The highest BCUT2D eigenvalue weighted by atomic mass is 32.2. The number of rotatable bonds is 6. The molecule has 3 heterocycles. The Kier molecular flexibility index (Phi) is 5.70. The molecule has 0 saturated carbocycles. The highest BCUT2D eigenvalue weighted by Crippen LogP contribution is 2.32. The number of nitrogens with zero attached hydrogens (tertiary/aromatic N) is 3. The van der Waals surface area contributed by atoms with Crippen molar-refractivity contribution in [1.29, 1.82) is 0 Å². The minimum Gasteiger partial charge on any atom is -0.312 e. The van der Waals surface area contributed by atoms with Gasteiger partial charge in [0, 0.05) is 30.8 Å². The zero-order chi connectivity index (χ0) is 23.9. The van der Waals surface area contributed by atoms with Crippen LogP contribution in [-0.2, 0) is 32.7 Å². The number of hydrogen-bond donors (Lipinski definition) is 2. The summed E-state index contributed by atoms with van der Waals surface area (Å²) in [7, 11) is -3.65. The van der Waals surface area contributed by atoms with Crippen molar-refractivity contribution in [3.05, 3.63) is 71.4 Å². The molecule has 5 rings (SSSR count). The van der Waals surface area contributed by atoms with Gasteiger partial charge in [-0.05, 0) is 43.2 Å². The lowest BCUT2D eigenvalue weighted by molar-refractivity contribution is -0.118. The second kappa shape index (κ2) is 8.69. The van der Waals surface area contributed by atoms with Crippen molar-refractivity contribution in [3.63, 3.8) is 0 Å². The molecule has 0 aliphatic carbocycles. The third-order valence-corrected chi connectivity index (χ3v) is 8.22. The maximum atomic E-state index is 13.0. The molecular weight excluding hydrogens is 454 g/mol. The van der Waals surface area contributed by atoms with E-state index >= 15 is 0 Å². The predicted molar refractivity (Wildman–Crippen MR) is 127 cm³/mol. The molecule has 1 unspecified atom stereocenters. The molecule has 1 atom stereocenters. The third kappa shape index (κ3) is 3.99. The lowest BCUT2D eigenvalue weighted by Gasteiger charge is -2.18. The number of hydrogen-bond acceptors (Lipinski definition) is 5. The summed E-state index contributed by atoms with van der Waals surface area (Å²) in [6, 6.07) is 15.7. The Hall–Kier alpha value is -3.50. The van der Waals surface area contributed by atoms with Crippen LogP contribution in [0.25, 0.3) is 0 Å². The van der Waals surface area contributed by atoms with E-state index in [2.05, 4.69) is 15.5 Å². The van der Waals surface area contributed by atoms with Gasteiger partial charge in [0.25, 0.3) is 0 Å². The standard InChI is InChI=1S/C24H25N5O4S/c1-16(17-9-11-18(12-10-17)29-13-5-8-22(29)30)24(31)25-23-20-14-28(15-21(20)26-27-23)34(32,33)19-6-3-2-4-7-19/h2-4,6-7,9-12,16H,5,8,13-15H2,1H3,(H2,25,26,27,31). The SMILES string of the molecule is CC(C(=O)Nc1n[nH]c2c1CN(S(=O)(=O)c1ccccc1)C2)c1ccc(N2CCCC2=O)cc1. The molecule has 9 nitrogen and oxygen atoms in total. The number of nitrogens with one attached hydrogen (secondary N) is 2. The number of carbonyl (C=O) groups excluding carboxylic acids is 2. The van der Waals surface area contributed by atoms with Crippen molar-refractivity contribution in [2.45, 2.75) is 43.7 Å². The molecule has 176 valence electrons. The van der Waals surface area contributed by atoms with Gasteiger partial charge in [0.05, 0.1) is 23.1 Å². The second-order valence-electron chi connectivity index (χ2n) is 8.57. The maximum Gasteiger partial charge on any atom is 0.243 e. The van der Waals surface area contributed by atoms with Crippen LogP contribution in [0.5, 0.6) is 0 Å². The van der Waals surface area contributed by atoms with E-state index in [4.69, 9.17) is 0 Å². The smallest absolute Gasteiger partial charge is 0.243 e.